The zero-order valence-electron chi connectivity index (χ0n) is 68.9. The Labute approximate surface area is 645 Å². The summed E-state index contributed by atoms with van der Waals surface area (Å²) in [6.07, 6.45) is 72.4. The van der Waals surface area contributed by atoms with E-state index in [1.54, 1.807) is 0 Å². The number of carbonyl (C=O) groups is 4. The molecule has 0 aliphatic rings. The monoisotopic (exact) mass is 1540 g/mol. The number of phosphoric acid groups is 2. The summed E-state index contributed by atoms with van der Waals surface area (Å²) in [7, 11) is -9.92. The maximum Gasteiger partial charge on any atom is 0.472 e. The third-order valence-electron chi connectivity index (χ3n) is 20.3. The Morgan fingerprint density at radius 2 is 0.438 bits per heavy atom. The quantitative estimate of drug-likeness (QED) is 0.0222. The van der Waals surface area contributed by atoms with Gasteiger partial charge in [0.05, 0.1) is 26.4 Å². The van der Waals surface area contributed by atoms with Gasteiger partial charge in [0.1, 0.15) is 19.3 Å². The highest BCUT2D eigenvalue weighted by molar-refractivity contribution is 7.47. The van der Waals surface area contributed by atoms with Crippen LogP contribution in [0, 0.1) is 5.92 Å². The molecule has 5 atom stereocenters. The first-order chi connectivity index (χ1) is 51.0. The topological polar surface area (TPSA) is 237 Å². The zero-order valence-corrected chi connectivity index (χ0v) is 70.7. The molecule has 19 heteroatoms. The molecule has 0 fully saturated rings. The molecule has 0 amide bonds. The van der Waals surface area contributed by atoms with Gasteiger partial charge in [0, 0.05) is 25.7 Å². The molecule has 0 aliphatic carbocycles. The molecule has 2 unspecified atom stereocenters. The molecule has 0 saturated carbocycles. The third kappa shape index (κ3) is 79.9. The number of phosphoric ester groups is 2. The molecule has 17 nitrogen and oxygen atoms in total. The number of ether oxygens (including phenoxy) is 4. The summed E-state index contributed by atoms with van der Waals surface area (Å²) in [4.78, 5) is 73.2. The fraction of sp³-hybridized carbons (Fsp3) is 0.953. The van der Waals surface area contributed by atoms with Crippen LogP contribution in [0.15, 0.2) is 0 Å². The van der Waals surface area contributed by atoms with Crippen LogP contribution in [0.2, 0.25) is 0 Å². The first kappa shape index (κ1) is 103. The van der Waals surface area contributed by atoms with Crippen molar-refractivity contribution in [1.82, 2.24) is 0 Å². The SMILES string of the molecule is CCCCCCCCCCCCCCCCCCCCCCCCC(=O)O[C@H](COC(=O)CCCCCCCCCCCCCCCCCCCCCC)COP(=O)(O)OC[C@@H](O)COP(=O)(O)OC[C@@H](COC(=O)CCCCCCCCCCCCC)OC(=O)CCCCCCCCCCCC(C)C. The predicted molar refractivity (Wildman–Crippen MR) is 432 cm³/mol. The minimum Gasteiger partial charge on any atom is -0.462 e. The molecule has 105 heavy (non-hydrogen) atoms. The van der Waals surface area contributed by atoms with Gasteiger partial charge >= 0.3 is 39.5 Å². The van der Waals surface area contributed by atoms with Crippen LogP contribution in [0.3, 0.4) is 0 Å². The van der Waals surface area contributed by atoms with Crippen LogP contribution in [-0.4, -0.2) is 96.7 Å². The van der Waals surface area contributed by atoms with Gasteiger partial charge in [-0.2, -0.15) is 0 Å². The van der Waals surface area contributed by atoms with Gasteiger partial charge in [-0.3, -0.25) is 37.3 Å². The number of hydrogen-bond acceptors (Lipinski definition) is 15. The lowest BCUT2D eigenvalue weighted by Crippen LogP contribution is -2.30. The normalized spacial score (nSPS) is 13.8. The van der Waals surface area contributed by atoms with Crippen molar-refractivity contribution < 1.29 is 80.2 Å². The summed E-state index contributed by atoms with van der Waals surface area (Å²) >= 11 is 0. The van der Waals surface area contributed by atoms with Gasteiger partial charge in [-0.25, -0.2) is 9.13 Å². The van der Waals surface area contributed by atoms with Crippen molar-refractivity contribution in [1.29, 1.82) is 0 Å². The summed E-state index contributed by atoms with van der Waals surface area (Å²) < 4.78 is 68.8. The molecule has 0 saturated heterocycles. The fourth-order valence-electron chi connectivity index (χ4n) is 13.5. The van der Waals surface area contributed by atoms with E-state index in [9.17, 15) is 43.2 Å². The molecule has 624 valence electrons. The molecule has 0 aliphatic heterocycles. The van der Waals surface area contributed by atoms with E-state index < -0.39 is 97.5 Å². The van der Waals surface area contributed by atoms with Crippen LogP contribution in [0.4, 0.5) is 0 Å². The van der Waals surface area contributed by atoms with E-state index in [-0.39, 0.29) is 25.7 Å². The molecule has 0 aromatic heterocycles. The van der Waals surface area contributed by atoms with Gasteiger partial charge in [0.15, 0.2) is 12.2 Å². The first-order valence-electron chi connectivity index (χ1n) is 44.6. The Kier molecular flexibility index (Phi) is 77.3. The van der Waals surface area contributed by atoms with Gasteiger partial charge in [-0.05, 0) is 31.6 Å². The van der Waals surface area contributed by atoms with E-state index in [2.05, 4.69) is 34.6 Å². The number of esters is 4. The highest BCUT2D eigenvalue weighted by atomic mass is 31.2. The van der Waals surface area contributed by atoms with E-state index in [1.165, 1.54) is 289 Å². The third-order valence-corrected chi connectivity index (χ3v) is 22.2. The molecule has 0 aromatic rings. The van der Waals surface area contributed by atoms with Crippen LogP contribution in [-0.2, 0) is 65.4 Å². The summed E-state index contributed by atoms with van der Waals surface area (Å²) in [6.45, 7) is 7.33. The number of carbonyl (C=O) groups excluding carboxylic acids is 4. The average molecular weight is 1540 g/mol. The Hall–Kier alpha value is -1.94. The number of aliphatic hydroxyl groups excluding tert-OH is 1. The van der Waals surface area contributed by atoms with Crippen LogP contribution in [0.25, 0.3) is 0 Å². The second kappa shape index (κ2) is 78.7. The van der Waals surface area contributed by atoms with Gasteiger partial charge in [-0.1, -0.05) is 413 Å². The van der Waals surface area contributed by atoms with Crippen molar-refractivity contribution in [2.24, 2.45) is 5.92 Å². The summed E-state index contributed by atoms with van der Waals surface area (Å²) in [5.74, 6) is -1.37. The molecular weight excluding hydrogens is 1370 g/mol. The Bertz CT molecular complexity index is 2000. The Morgan fingerprint density at radius 1 is 0.257 bits per heavy atom. The van der Waals surface area contributed by atoms with Crippen molar-refractivity contribution >= 4 is 39.5 Å². The lowest BCUT2D eigenvalue weighted by Gasteiger charge is -2.21. The number of aliphatic hydroxyl groups is 1. The number of rotatable bonds is 86. The smallest absolute Gasteiger partial charge is 0.462 e. The van der Waals surface area contributed by atoms with E-state index in [1.807, 2.05) is 0 Å². The largest absolute Gasteiger partial charge is 0.472 e. The highest BCUT2D eigenvalue weighted by Crippen LogP contribution is 2.45. The van der Waals surface area contributed by atoms with Crippen molar-refractivity contribution in [3.63, 3.8) is 0 Å². The Balaban J connectivity index is 5.20. The molecular formula is C86H168O17P2. The first-order valence-corrected chi connectivity index (χ1v) is 47.6. The standard InChI is InChI=1S/C86H168O17P2/c1-6-9-12-15-18-21-24-26-28-30-32-34-35-37-39-41-43-46-51-56-61-66-71-85(90)102-81(75-97-84(89)70-65-60-55-50-45-42-40-38-36-33-31-29-27-25-22-19-16-13-10-7-2)77-100-104(92,93)98-73-80(87)74-99-105(94,95)101-78-82(76-96-83(88)69-64-59-54-49-44-23-20-17-14-11-8-3)103-86(91)72-67-62-57-52-47-48-53-58-63-68-79(4)5/h79-82,87H,6-78H2,1-5H3,(H,92,93)(H,94,95)/t80-,81-,82-/m1/s1. The van der Waals surface area contributed by atoms with Crippen LogP contribution in [0.1, 0.15) is 465 Å². The number of unbranched alkanes of at least 4 members (excludes halogenated alkanes) is 58. The van der Waals surface area contributed by atoms with Gasteiger partial charge in [0.2, 0.25) is 0 Å². The molecule has 0 heterocycles. The van der Waals surface area contributed by atoms with Gasteiger partial charge in [-0.15, -0.1) is 0 Å². The van der Waals surface area contributed by atoms with Crippen LogP contribution < -0.4 is 0 Å². The van der Waals surface area contributed by atoms with Crippen molar-refractivity contribution in [2.75, 3.05) is 39.6 Å². The van der Waals surface area contributed by atoms with Crippen molar-refractivity contribution in [2.45, 2.75) is 483 Å². The minimum atomic E-state index is -4.97. The predicted octanol–water partition coefficient (Wildman–Crippen LogP) is 26.4. The van der Waals surface area contributed by atoms with E-state index in [0.717, 1.165) is 95.8 Å². The molecule has 0 aromatic carbocycles. The molecule has 3 N–H and O–H groups in total. The second-order valence-corrected chi connectivity index (χ2v) is 34.3. The van der Waals surface area contributed by atoms with Crippen LogP contribution in [0.5, 0.6) is 0 Å². The summed E-state index contributed by atoms with van der Waals surface area (Å²) in [5, 5.41) is 10.7. The van der Waals surface area contributed by atoms with E-state index in [0.29, 0.717) is 25.7 Å². The maximum atomic E-state index is 13.1. The lowest BCUT2D eigenvalue weighted by atomic mass is 10.0. The van der Waals surface area contributed by atoms with Crippen molar-refractivity contribution in [3.8, 4) is 0 Å². The molecule has 0 bridgehead atoms. The highest BCUT2D eigenvalue weighted by Gasteiger charge is 2.30. The summed E-state index contributed by atoms with van der Waals surface area (Å²) in [6, 6.07) is 0. The molecule has 0 rings (SSSR count). The van der Waals surface area contributed by atoms with Gasteiger partial charge < -0.3 is 33.8 Å². The maximum absolute atomic E-state index is 13.1. The Morgan fingerprint density at radius 3 is 0.648 bits per heavy atom. The molecule has 0 radical (unpaired) electrons. The van der Waals surface area contributed by atoms with Gasteiger partial charge in [0.25, 0.3) is 0 Å². The van der Waals surface area contributed by atoms with E-state index >= 15 is 0 Å². The molecule has 0 spiro atoms. The number of hydrogen-bond donors (Lipinski definition) is 3. The average Bonchev–Trinajstić information content (AvgIpc) is 0.914. The minimum absolute atomic E-state index is 0.106. The summed E-state index contributed by atoms with van der Waals surface area (Å²) in [5.41, 5.74) is 0. The zero-order chi connectivity index (χ0) is 76.9. The van der Waals surface area contributed by atoms with Crippen LogP contribution >= 0.6 is 15.6 Å². The second-order valence-electron chi connectivity index (χ2n) is 31.4. The lowest BCUT2D eigenvalue weighted by molar-refractivity contribution is -0.161. The van der Waals surface area contributed by atoms with Crippen molar-refractivity contribution in [3.05, 3.63) is 0 Å². The fourth-order valence-corrected chi connectivity index (χ4v) is 15.1. The van der Waals surface area contributed by atoms with E-state index in [4.69, 9.17) is 37.0 Å².